The molecule has 2 amide bonds. The summed E-state index contributed by atoms with van der Waals surface area (Å²) < 4.78 is 2.12. The lowest BCUT2D eigenvalue weighted by Gasteiger charge is -2.39. The third-order valence-electron chi connectivity index (χ3n) is 7.06. The zero-order chi connectivity index (χ0) is 25.5. The molecule has 0 spiro atoms. The number of halogens is 2. The summed E-state index contributed by atoms with van der Waals surface area (Å²) >= 11 is 12.8. The number of carbonyl (C=O) groups excluding carboxylic acids is 2. The number of anilines is 1. The third kappa shape index (κ3) is 4.43. The van der Waals surface area contributed by atoms with E-state index in [1.807, 2.05) is 102 Å². The second-order valence-corrected chi connectivity index (χ2v) is 10.4. The average Bonchev–Trinajstić information content (AvgIpc) is 3.66. The molecule has 0 radical (unpaired) electrons. The summed E-state index contributed by atoms with van der Waals surface area (Å²) in [6, 6.07) is 28.4. The van der Waals surface area contributed by atoms with Crippen LogP contribution in [0.5, 0.6) is 0 Å². The molecule has 37 heavy (non-hydrogen) atoms. The zero-order valence-corrected chi connectivity index (χ0v) is 21.5. The van der Waals surface area contributed by atoms with Crippen molar-refractivity contribution in [1.82, 2.24) is 9.47 Å². The molecule has 1 fully saturated rings. The lowest BCUT2D eigenvalue weighted by Crippen LogP contribution is -2.48. The Morgan fingerprint density at radius 3 is 2.24 bits per heavy atom. The van der Waals surface area contributed by atoms with E-state index >= 15 is 0 Å². The van der Waals surface area contributed by atoms with Crippen LogP contribution < -0.4 is 4.90 Å². The topological polar surface area (TPSA) is 45.6 Å². The van der Waals surface area contributed by atoms with E-state index < -0.39 is 5.38 Å². The Morgan fingerprint density at radius 1 is 0.865 bits per heavy atom. The Bertz CT molecular complexity index is 1450. The van der Waals surface area contributed by atoms with Crippen molar-refractivity contribution < 1.29 is 9.59 Å². The third-order valence-corrected chi connectivity index (χ3v) is 7.75. The summed E-state index contributed by atoms with van der Waals surface area (Å²) in [5, 5.41) is -0.208. The van der Waals surface area contributed by atoms with Crippen LogP contribution >= 0.6 is 23.2 Å². The Morgan fingerprint density at radius 2 is 1.54 bits per heavy atom. The highest BCUT2D eigenvalue weighted by Crippen LogP contribution is 2.43. The molecule has 6 rings (SSSR count). The number of benzene rings is 3. The molecule has 0 bridgehead atoms. The number of hydrogen-bond donors (Lipinski definition) is 0. The van der Waals surface area contributed by atoms with Crippen LogP contribution in [0, 0.1) is 0 Å². The maximum atomic E-state index is 14.2. The Hall–Kier alpha value is -3.54. The second-order valence-electron chi connectivity index (χ2n) is 9.48. The molecule has 5 nitrogen and oxygen atoms in total. The molecule has 3 aromatic carbocycles. The van der Waals surface area contributed by atoms with Crippen LogP contribution in [0.4, 0.5) is 5.69 Å². The van der Waals surface area contributed by atoms with E-state index in [9.17, 15) is 9.59 Å². The fourth-order valence-corrected chi connectivity index (χ4v) is 5.52. The van der Waals surface area contributed by atoms with Crippen molar-refractivity contribution in [3.05, 3.63) is 119 Å². The van der Waals surface area contributed by atoms with E-state index in [0.717, 1.165) is 41.0 Å². The van der Waals surface area contributed by atoms with Crippen LogP contribution in [0.1, 0.15) is 41.1 Å². The first-order chi connectivity index (χ1) is 18.0. The largest absolute Gasteiger partial charge is 0.329 e. The highest BCUT2D eigenvalue weighted by atomic mass is 35.5. The van der Waals surface area contributed by atoms with Crippen LogP contribution in [0.2, 0.25) is 5.02 Å². The lowest BCUT2D eigenvalue weighted by molar-refractivity contribution is -0.135. The van der Waals surface area contributed by atoms with E-state index in [1.54, 1.807) is 4.90 Å². The number of alkyl halides is 1. The van der Waals surface area contributed by atoms with Gasteiger partial charge in [0.15, 0.2) is 0 Å². The molecule has 0 N–H and O–H groups in total. The fraction of sp³-hybridized carbons (Fsp3) is 0.200. The molecule has 1 aliphatic heterocycles. The second kappa shape index (κ2) is 9.73. The van der Waals surface area contributed by atoms with Crippen molar-refractivity contribution in [1.29, 1.82) is 0 Å². The van der Waals surface area contributed by atoms with E-state index in [0.29, 0.717) is 5.02 Å². The number of para-hydroxylation sites is 2. The van der Waals surface area contributed by atoms with Gasteiger partial charge in [-0.2, -0.15) is 0 Å². The van der Waals surface area contributed by atoms with E-state index in [4.69, 9.17) is 23.2 Å². The van der Waals surface area contributed by atoms with Crippen molar-refractivity contribution in [3.63, 3.8) is 0 Å². The average molecular weight is 530 g/mol. The number of hydrogen-bond acceptors (Lipinski definition) is 2. The first-order valence-electron chi connectivity index (χ1n) is 12.4. The summed E-state index contributed by atoms with van der Waals surface area (Å²) in [5.74, 6) is -0.391. The molecule has 2 unspecified atom stereocenters. The van der Waals surface area contributed by atoms with Gasteiger partial charge >= 0.3 is 0 Å². The van der Waals surface area contributed by atoms with Crippen LogP contribution in [0.25, 0.3) is 5.69 Å². The summed E-state index contributed by atoms with van der Waals surface area (Å²) in [5.41, 5.74) is 4.36. The number of nitrogens with zero attached hydrogens (tertiary/aromatic N) is 3. The van der Waals surface area contributed by atoms with Gasteiger partial charge in [-0.25, -0.2) is 0 Å². The Balaban J connectivity index is 1.38. The van der Waals surface area contributed by atoms with Crippen LogP contribution in [0.3, 0.4) is 0 Å². The van der Waals surface area contributed by atoms with Gasteiger partial charge < -0.3 is 9.47 Å². The maximum absolute atomic E-state index is 14.2. The quantitative estimate of drug-likeness (QED) is 0.266. The number of carbonyl (C=O) groups is 2. The van der Waals surface area contributed by atoms with Gasteiger partial charge in [0.05, 0.1) is 17.1 Å². The van der Waals surface area contributed by atoms with Gasteiger partial charge in [0.2, 0.25) is 11.8 Å². The van der Waals surface area contributed by atoms with Crippen molar-refractivity contribution in [2.75, 3.05) is 11.4 Å². The predicted molar refractivity (Wildman–Crippen MR) is 146 cm³/mol. The molecule has 186 valence electrons. The number of aromatic nitrogens is 1. The molecule has 0 saturated heterocycles. The van der Waals surface area contributed by atoms with Crippen molar-refractivity contribution in [2.45, 2.75) is 30.3 Å². The first-order valence-corrected chi connectivity index (χ1v) is 13.2. The molecule has 7 heteroatoms. The first kappa shape index (κ1) is 23.8. The normalized spacial score (nSPS) is 17.0. The molecule has 2 atom stereocenters. The molecule has 2 heterocycles. The standard InChI is InChI=1S/C30H25Cl2N3O2/c31-22-14-12-21(13-15-22)29-26-11-6-18-33(26)24-9-4-5-10-25(24)35(29)27(36)19-34(23-16-17-23)30(37)28(32)20-7-2-1-3-8-20/h1-15,18,23,28-29H,16-17,19H2. The fourth-order valence-electron chi connectivity index (χ4n) is 5.13. The molecule has 1 aliphatic carbocycles. The predicted octanol–water partition coefficient (Wildman–Crippen LogP) is 6.54. The van der Waals surface area contributed by atoms with Gasteiger partial charge in [-0.15, -0.1) is 11.6 Å². The minimum Gasteiger partial charge on any atom is -0.329 e. The van der Waals surface area contributed by atoms with Crippen LogP contribution in [-0.2, 0) is 9.59 Å². The van der Waals surface area contributed by atoms with E-state index in [2.05, 4.69) is 4.57 Å². The number of rotatable bonds is 6. The molecule has 1 saturated carbocycles. The van der Waals surface area contributed by atoms with Crippen LogP contribution in [-0.4, -0.2) is 33.9 Å². The minimum atomic E-state index is -0.840. The molecule has 1 aromatic heterocycles. The molecule has 2 aliphatic rings. The zero-order valence-electron chi connectivity index (χ0n) is 20.0. The summed E-state index contributed by atoms with van der Waals surface area (Å²) in [6.45, 7) is -0.0430. The number of fused-ring (bicyclic) bond motifs is 3. The molecular formula is C30H25Cl2N3O2. The Kier molecular flexibility index (Phi) is 6.27. The van der Waals surface area contributed by atoms with Gasteiger partial charge in [-0.1, -0.05) is 66.2 Å². The van der Waals surface area contributed by atoms with Crippen molar-refractivity contribution >= 4 is 40.7 Å². The van der Waals surface area contributed by atoms with Crippen molar-refractivity contribution in [2.24, 2.45) is 0 Å². The monoisotopic (exact) mass is 529 g/mol. The molecule has 4 aromatic rings. The summed E-state index contributed by atoms with van der Waals surface area (Å²) in [7, 11) is 0. The summed E-state index contributed by atoms with van der Waals surface area (Å²) in [6.07, 6.45) is 3.76. The van der Waals surface area contributed by atoms with Gasteiger partial charge in [-0.3, -0.25) is 14.5 Å². The van der Waals surface area contributed by atoms with E-state index in [1.165, 1.54) is 0 Å². The smallest absolute Gasteiger partial charge is 0.247 e. The molecular weight excluding hydrogens is 505 g/mol. The van der Waals surface area contributed by atoms with Gasteiger partial charge in [0, 0.05) is 17.3 Å². The lowest BCUT2D eigenvalue weighted by atomic mass is 9.97. The maximum Gasteiger partial charge on any atom is 0.247 e. The minimum absolute atomic E-state index is 0.0271. The van der Waals surface area contributed by atoms with E-state index in [-0.39, 0.29) is 30.4 Å². The summed E-state index contributed by atoms with van der Waals surface area (Å²) in [4.78, 5) is 31.2. The highest BCUT2D eigenvalue weighted by molar-refractivity contribution is 6.31. The Labute approximate surface area is 225 Å². The van der Waals surface area contributed by atoms with Crippen molar-refractivity contribution in [3.8, 4) is 5.69 Å². The SMILES string of the molecule is O=C(C(Cl)c1ccccc1)N(CC(=O)N1c2ccccc2-n2cccc2C1c1ccc(Cl)cc1)C1CC1. The highest BCUT2D eigenvalue weighted by Gasteiger charge is 2.41. The van der Waals surface area contributed by atoms with Gasteiger partial charge in [0.25, 0.3) is 0 Å². The van der Waals surface area contributed by atoms with Gasteiger partial charge in [-0.05, 0) is 60.4 Å². The number of amides is 2. The van der Waals surface area contributed by atoms with Gasteiger partial charge in [0.1, 0.15) is 18.0 Å². The van der Waals surface area contributed by atoms with Crippen LogP contribution in [0.15, 0.2) is 97.2 Å².